The Bertz CT molecular complexity index is 659. The van der Waals surface area contributed by atoms with Crippen LogP contribution in [0.4, 0.5) is 0 Å². The maximum Gasteiger partial charge on any atom is 0.339 e. The average molecular weight is 411 g/mol. The SMILES string of the molecule is CCN(CC)CCOC(=O)c1cccnc1.O=C([O-])CC(O)(CC(=O)[O-])C(=O)[O-]. The third-order valence-electron chi connectivity index (χ3n) is 3.69. The predicted molar refractivity (Wildman–Crippen MR) is 91.5 cm³/mol. The summed E-state index contributed by atoms with van der Waals surface area (Å²) in [7, 11) is 0. The molecule has 0 aliphatic heterocycles. The molecule has 0 bridgehead atoms. The number of carboxylic acid groups (broad SMARTS) is 3. The number of aromatic nitrogens is 1. The Balaban J connectivity index is 0.000000555. The first-order chi connectivity index (χ1) is 13.6. The van der Waals surface area contributed by atoms with Crippen molar-refractivity contribution >= 4 is 23.9 Å². The Hall–Kier alpha value is -3.05. The lowest BCUT2D eigenvalue weighted by Crippen LogP contribution is -2.54. The molecule has 29 heavy (non-hydrogen) atoms. The number of carbonyl (C=O) groups is 4. The third kappa shape index (κ3) is 10.8. The number of nitrogens with zero attached hydrogens (tertiary/aromatic N) is 2. The Kier molecular flexibility index (Phi) is 11.8. The molecule has 1 heterocycles. The normalized spacial score (nSPS) is 10.6. The molecule has 162 valence electrons. The van der Waals surface area contributed by atoms with Crippen molar-refractivity contribution in [2.24, 2.45) is 0 Å². The van der Waals surface area contributed by atoms with Gasteiger partial charge in [0.05, 0.1) is 11.5 Å². The highest BCUT2D eigenvalue weighted by atomic mass is 16.5. The zero-order chi connectivity index (χ0) is 22.4. The standard InChI is InChI=1S/C12H18N2O2.C6H8O7/c1-3-14(4-2)8-9-16-12(15)11-6-5-7-13-10-11;7-3(8)1-6(13,5(11)12)2-4(9)10/h5-7,10H,3-4,8-9H2,1-2H3;13H,1-2H2,(H,7,8)(H,9,10)(H,11,12)/p-3. The molecule has 0 aliphatic rings. The minimum Gasteiger partial charge on any atom is -0.550 e. The zero-order valence-electron chi connectivity index (χ0n) is 16.2. The minimum atomic E-state index is -2.97. The fourth-order valence-corrected chi connectivity index (χ4v) is 2.06. The smallest absolute Gasteiger partial charge is 0.339 e. The van der Waals surface area contributed by atoms with Gasteiger partial charge in [0.1, 0.15) is 12.2 Å². The van der Waals surface area contributed by atoms with Crippen molar-refractivity contribution in [2.75, 3.05) is 26.2 Å². The van der Waals surface area contributed by atoms with Crippen molar-refractivity contribution < 1.29 is 44.3 Å². The number of hydrogen-bond donors (Lipinski definition) is 1. The van der Waals surface area contributed by atoms with Crippen LogP contribution in [0.5, 0.6) is 0 Å². The third-order valence-corrected chi connectivity index (χ3v) is 3.69. The van der Waals surface area contributed by atoms with E-state index >= 15 is 0 Å². The molecule has 1 aromatic rings. The number of likely N-dealkylation sites (N-methyl/N-ethyl adjacent to an activating group) is 1. The zero-order valence-corrected chi connectivity index (χ0v) is 16.2. The molecule has 0 fully saturated rings. The van der Waals surface area contributed by atoms with Crippen LogP contribution < -0.4 is 15.3 Å². The van der Waals surface area contributed by atoms with E-state index in [4.69, 9.17) is 9.84 Å². The van der Waals surface area contributed by atoms with Crippen LogP contribution in [-0.2, 0) is 19.1 Å². The largest absolute Gasteiger partial charge is 0.550 e. The highest BCUT2D eigenvalue weighted by Gasteiger charge is 2.29. The lowest BCUT2D eigenvalue weighted by molar-refractivity contribution is -0.339. The van der Waals surface area contributed by atoms with Crippen molar-refractivity contribution in [2.45, 2.75) is 32.3 Å². The van der Waals surface area contributed by atoms with Crippen LogP contribution in [0.1, 0.15) is 37.0 Å². The number of rotatable bonds is 11. The second-order valence-corrected chi connectivity index (χ2v) is 5.82. The van der Waals surface area contributed by atoms with Crippen molar-refractivity contribution in [3.63, 3.8) is 0 Å². The maximum absolute atomic E-state index is 11.5. The number of ether oxygens (including phenoxy) is 1. The van der Waals surface area contributed by atoms with E-state index in [-0.39, 0.29) is 5.97 Å². The molecular formula is C18H23N2O9-3. The van der Waals surface area contributed by atoms with Gasteiger partial charge in [0, 0.05) is 43.7 Å². The van der Waals surface area contributed by atoms with Gasteiger partial charge in [-0.1, -0.05) is 13.8 Å². The Morgan fingerprint density at radius 1 is 1.10 bits per heavy atom. The Labute approximate surface area is 167 Å². The summed E-state index contributed by atoms with van der Waals surface area (Å²) in [5.41, 5.74) is -2.47. The topological polar surface area (TPSA) is 183 Å². The molecule has 0 atom stereocenters. The monoisotopic (exact) mass is 411 g/mol. The van der Waals surface area contributed by atoms with Crippen LogP contribution in [0, 0.1) is 0 Å². The van der Waals surface area contributed by atoms with Crippen LogP contribution in [0.3, 0.4) is 0 Å². The van der Waals surface area contributed by atoms with E-state index in [0.29, 0.717) is 12.2 Å². The van der Waals surface area contributed by atoms with E-state index in [2.05, 4.69) is 23.7 Å². The average Bonchev–Trinajstić information content (AvgIpc) is 2.65. The van der Waals surface area contributed by atoms with E-state index in [1.165, 1.54) is 6.20 Å². The molecular weight excluding hydrogens is 388 g/mol. The molecule has 0 unspecified atom stereocenters. The van der Waals surface area contributed by atoms with Crippen LogP contribution in [-0.4, -0.2) is 70.7 Å². The quantitative estimate of drug-likeness (QED) is 0.354. The molecule has 11 nitrogen and oxygen atoms in total. The summed E-state index contributed by atoms with van der Waals surface area (Å²) in [4.78, 5) is 47.6. The van der Waals surface area contributed by atoms with E-state index < -0.39 is 36.4 Å². The van der Waals surface area contributed by atoms with Crippen LogP contribution in [0.2, 0.25) is 0 Å². The summed E-state index contributed by atoms with van der Waals surface area (Å²) in [6, 6.07) is 3.42. The van der Waals surface area contributed by atoms with E-state index in [1.54, 1.807) is 18.3 Å². The van der Waals surface area contributed by atoms with Gasteiger partial charge in [-0.2, -0.15) is 0 Å². The maximum atomic E-state index is 11.5. The lowest BCUT2D eigenvalue weighted by atomic mass is 9.96. The van der Waals surface area contributed by atoms with Gasteiger partial charge in [-0.25, -0.2) is 4.79 Å². The molecule has 1 rings (SSSR count). The van der Waals surface area contributed by atoms with Gasteiger partial charge in [-0.05, 0) is 25.2 Å². The number of aliphatic carboxylic acids is 3. The van der Waals surface area contributed by atoms with Crippen LogP contribution >= 0.6 is 0 Å². The number of hydrogen-bond acceptors (Lipinski definition) is 11. The molecule has 0 amide bonds. The predicted octanol–water partition coefficient (Wildman–Crippen LogP) is -3.67. The molecule has 0 saturated carbocycles. The first-order valence-corrected chi connectivity index (χ1v) is 8.68. The molecule has 1 aromatic heterocycles. The van der Waals surface area contributed by atoms with Crippen LogP contribution in [0.15, 0.2) is 24.5 Å². The summed E-state index contributed by atoms with van der Waals surface area (Å²) in [5, 5.41) is 38.9. The molecule has 0 radical (unpaired) electrons. The first-order valence-electron chi connectivity index (χ1n) is 8.68. The van der Waals surface area contributed by atoms with Crippen molar-refractivity contribution in [3.8, 4) is 0 Å². The van der Waals surface area contributed by atoms with E-state index in [9.17, 15) is 34.5 Å². The molecule has 11 heteroatoms. The van der Waals surface area contributed by atoms with E-state index in [0.717, 1.165) is 19.6 Å². The van der Waals surface area contributed by atoms with Gasteiger partial charge in [0.25, 0.3) is 0 Å². The fraction of sp³-hybridized carbons (Fsp3) is 0.500. The lowest BCUT2D eigenvalue weighted by Gasteiger charge is -2.29. The van der Waals surface area contributed by atoms with Crippen molar-refractivity contribution in [3.05, 3.63) is 30.1 Å². The van der Waals surface area contributed by atoms with Crippen molar-refractivity contribution in [1.82, 2.24) is 9.88 Å². The summed E-state index contributed by atoms with van der Waals surface area (Å²) >= 11 is 0. The van der Waals surface area contributed by atoms with E-state index in [1.807, 2.05) is 0 Å². The second kappa shape index (κ2) is 13.2. The summed E-state index contributed by atoms with van der Waals surface area (Å²) in [6.07, 6.45) is 0.430. The highest BCUT2D eigenvalue weighted by Crippen LogP contribution is 2.13. The second-order valence-electron chi connectivity index (χ2n) is 5.82. The van der Waals surface area contributed by atoms with Gasteiger partial charge < -0.3 is 44.4 Å². The first kappa shape index (κ1) is 26.0. The molecule has 1 N–H and O–H groups in total. The van der Waals surface area contributed by atoms with Gasteiger partial charge in [0.2, 0.25) is 0 Å². The van der Waals surface area contributed by atoms with Gasteiger partial charge in [-0.3, -0.25) is 4.98 Å². The minimum absolute atomic E-state index is 0.305. The number of pyridine rings is 1. The van der Waals surface area contributed by atoms with Gasteiger partial charge in [0.15, 0.2) is 0 Å². The Morgan fingerprint density at radius 3 is 2.03 bits per heavy atom. The Morgan fingerprint density at radius 2 is 1.66 bits per heavy atom. The number of esters is 1. The molecule has 0 spiro atoms. The summed E-state index contributed by atoms with van der Waals surface area (Å²) < 4.78 is 5.14. The van der Waals surface area contributed by atoms with Gasteiger partial charge >= 0.3 is 5.97 Å². The highest BCUT2D eigenvalue weighted by molar-refractivity contribution is 5.88. The number of aliphatic hydroxyl groups is 1. The number of carboxylic acids is 3. The summed E-state index contributed by atoms with van der Waals surface area (Å²) in [5.74, 6) is -6.29. The molecule has 0 aliphatic carbocycles. The number of carbonyl (C=O) groups excluding carboxylic acids is 4. The molecule has 0 aromatic carbocycles. The fourth-order valence-electron chi connectivity index (χ4n) is 2.06. The summed E-state index contributed by atoms with van der Waals surface area (Å²) in [6.45, 7) is 7.33. The molecule has 0 saturated heterocycles. The van der Waals surface area contributed by atoms with Crippen molar-refractivity contribution in [1.29, 1.82) is 0 Å². The van der Waals surface area contributed by atoms with Crippen LogP contribution in [0.25, 0.3) is 0 Å². The van der Waals surface area contributed by atoms with Gasteiger partial charge in [-0.15, -0.1) is 0 Å².